The van der Waals surface area contributed by atoms with E-state index in [1.807, 2.05) is 23.5 Å². The van der Waals surface area contributed by atoms with Gasteiger partial charge in [-0.2, -0.15) is 0 Å². The van der Waals surface area contributed by atoms with Crippen LogP contribution in [0.5, 0.6) is 0 Å². The third-order valence-corrected chi connectivity index (χ3v) is 6.19. The highest BCUT2D eigenvalue weighted by molar-refractivity contribution is 7.09. The minimum absolute atomic E-state index is 0.232. The second kappa shape index (κ2) is 9.39. The van der Waals surface area contributed by atoms with E-state index in [1.165, 1.54) is 4.88 Å². The Morgan fingerprint density at radius 3 is 2.72 bits per heavy atom. The maximum absolute atomic E-state index is 12.4. The zero-order chi connectivity index (χ0) is 20.1. The van der Waals surface area contributed by atoms with Crippen LogP contribution in [0, 0.1) is 0 Å². The van der Waals surface area contributed by atoms with E-state index in [-0.39, 0.29) is 5.91 Å². The molecular weight excluding hydrogens is 404 g/mol. The Morgan fingerprint density at radius 1 is 1.07 bits per heavy atom. The van der Waals surface area contributed by atoms with Crippen LogP contribution in [0.1, 0.15) is 21.7 Å². The molecular formula is C22H23ClN4OS. The van der Waals surface area contributed by atoms with E-state index < -0.39 is 0 Å². The molecule has 0 bridgehead atoms. The predicted octanol–water partition coefficient (Wildman–Crippen LogP) is 4.76. The molecule has 5 nitrogen and oxygen atoms in total. The van der Waals surface area contributed by atoms with E-state index >= 15 is 0 Å². The number of pyridine rings is 1. The number of halogens is 1. The summed E-state index contributed by atoms with van der Waals surface area (Å²) in [6.07, 6.45) is 2.82. The van der Waals surface area contributed by atoms with Crippen LogP contribution in [0.2, 0.25) is 5.02 Å². The summed E-state index contributed by atoms with van der Waals surface area (Å²) in [5.74, 6) is 0.711. The molecule has 3 heterocycles. The molecule has 0 radical (unpaired) electrons. The summed E-state index contributed by atoms with van der Waals surface area (Å²) in [4.78, 5) is 23.2. The van der Waals surface area contributed by atoms with Crippen molar-refractivity contribution in [3.05, 3.63) is 75.6 Å². The van der Waals surface area contributed by atoms with E-state index in [4.69, 9.17) is 11.6 Å². The smallest absolute Gasteiger partial charge is 0.257 e. The van der Waals surface area contributed by atoms with Gasteiger partial charge in [0.25, 0.3) is 5.91 Å². The lowest BCUT2D eigenvalue weighted by atomic mass is 10.2. The third-order valence-electron chi connectivity index (χ3n) is 5.00. The van der Waals surface area contributed by atoms with Gasteiger partial charge in [-0.05, 0) is 42.1 Å². The maximum Gasteiger partial charge on any atom is 0.257 e. The number of hydrogen-bond donors (Lipinski definition) is 1. The van der Waals surface area contributed by atoms with Crippen LogP contribution in [0.3, 0.4) is 0 Å². The van der Waals surface area contributed by atoms with Crippen molar-refractivity contribution in [3.63, 3.8) is 0 Å². The van der Waals surface area contributed by atoms with Gasteiger partial charge in [-0.3, -0.25) is 9.69 Å². The van der Waals surface area contributed by atoms with E-state index in [1.54, 1.807) is 30.5 Å². The normalized spacial score (nSPS) is 15.1. The zero-order valence-corrected chi connectivity index (χ0v) is 17.6. The molecule has 1 saturated heterocycles. The number of hydrogen-bond acceptors (Lipinski definition) is 5. The maximum atomic E-state index is 12.4. The van der Waals surface area contributed by atoms with Crippen LogP contribution in [-0.2, 0) is 6.54 Å². The molecule has 1 fully saturated rings. The van der Waals surface area contributed by atoms with E-state index in [0.717, 1.165) is 45.0 Å². The average molecular weight is 427 g/mol. The van der Waals surface area contributed by atoms with Crippen molar-refractivity contribution in [2.45, 2.75) is 13.0 Å². The molecule has 0 aliphatic carbocycles. The molecule has 3 aromatic rings. The summed E-state index contributed by atoms with van der Waals surface area (Å²) in [7, 11) is 0. The Morgan fingerprint density at radius 2 is 1.97 bits per heavy atom. The number of thiophene rings is 1. The molecule has 0 spiro atoms. The van der Waals surface area contributed by atoms with Gasteiger partial charge >= 0.3 is 0 Å². The van der Waals surface area contributed by atoms with Gasteiger partial charge in [-0.1, -0.05) is 29.8 Å². The van der Waals surface area contributed by atoms with E-state index in [9.17, 15) is 4.79 Å². The Hall–Kier alpha value is -2.41. The highest BCUT2D eigenvalue weighted by atomic mass is 35.5. The lowest BCUT2D eigenvalue weighted by Crippen LogP contribution is -2.30. The average Bonchev–Trinajstić information content (AvgIpc) is 3.13. The van der Waals surface area contributed by atoms with Crippen molar-refractivity contribution < 1.29 is 4.79 Å². The van der Waals surface area contributed by atoms with Crippen molar-refractivity contribution >= 4 is 40.4 Å². The molecule has 0 unspecified atom stereocenters. The number of carbonyl (C=O) groups excluding carboxylic acids is 1. The molecule has 7 heteroatoms. The largest absolute Gasteiger partial charge is 0.355 e. The number of nitrogens with zero attached hydrogens (tertiary/aromatic N) is 3. The third kappa shape index (κ3) is 5.15. The fourth-order valence-electron chi connectivity index (χ4n) is 3.47. The topological polar surface area (TPSA) is 48.5 Å². The number of nitrogens with one attached hydrogen (secondary N) is 1. The fraction of sp³-hybridized carbons (Fsp3) is 0.273. The monoisotopic (exact) mass is 426 g/mol. The van der Waals surface area contributed by atoms with Crippen LogP contribution >= 0.6 is 22.9 Å². The predicted molar refractivity (Wildman–Crippen MR) is 120 cm³/mol. The van der Waals surface area contributed by atoms with E-state index in [2.05, 4.69) is 37.6 Å². The fourth-order valence-corrected chi connectivity index (χ4v) is 4.44. The van der Waals surface area contributed by atoms with Crippen LogP contribution < -0.4 is 10.2 Å². The van der Waals surface area contributed by atoms with Crippen molar-refractivity contribution in [2.24, 2.45) is 0 Å². The van der Waals surface area contributed by atoms with Gasteiger partial charge in [-0.15, -0.1) is 11.3 Å². The minimum Gasteiger partial charge on any atom is -0.355 e. The van der Waals surface area contributed by atoms with Gasteiger partial charge in [0, 0.05) is 37.6 Å². The first kappa shape index (κ1) is 19.9. The molecule has 1 N–H and O–H groups in total. The Bertz CT molecular complexity index is 946. The van der Waals surface area contributed by atoms with Crippen LogP contribution in [0.25, 0.3) is 0 Å². The minimum atomic E-state index is -0.232. The number of amides is 1. The lowest BCUT2D eigenvalue weighted by molar-refractivity contribution is 0.102. The Labute approximate surface area is 179 Å². The molecule has 1 aliphatic rings. The quantitative estimate of drug-likeness (QED) is 0.638. The molecule has 0 atom stereocenters. The second-order valence-electron chi connectivity index (χ2n) is 7.04. The Balaban J connectivity index is 1.35. The number of rotatable bonds is 5. The molecule has 2 aromatic heterocycles. The summed E-state index contributed by atoms with van der Waals surface area (Å²) in [5.41, 5.74) is 1.12. The first-order valence-corrected chi connectivity index (χ1v) is 11.0. The number of benzene rings is 1. The molecule has 150 valence electrons. The van der Waals surface area contributed by atoms with Gasteiger partial charge < -0.3 is 10.2 Å². The summed E-state index contributed by atoms with van der Waals surface area (Å²) in [6.45, 7) is 5.07. The van der Waals surface area contributed by atoms with Gasteiger partial charge in [-0.25, -0.2) is 4.98 Å². The number of anilines is 2. The highest BCUT2D eigenvalue weighted by Crippen LogP contribution is 2.20. The molecule has 1 aliphatic heterocycles. The number of carbonyl (C=O) groups is 1. The van der Waals surface area contributed by atoms with Gasteiger partial charge in [0.05, 0.1) is 22.5 Å². The van der Waals surface area contributed by atoms with Crippen LogP contribution in [0.4, 0.5) is 11.5 Å². The first-order valence-electron chi connectivity index (χ1n) is 9.71. The summed E-state index contributed by atoms with van der Waals surface area (Å²) in [5, 5.41) is 5.43. The van der Waals surface area contributed by atoms with Crippen molar-refractivity contribution in [3.8, 4) is 0 Å². The van der Waals surface area contributed by atoms with E-state index in [0.29, 0.717) is 16.3 Å². The number of aromatic nitrogens is 1. The second-order valence-corrected chi connectivity index (χ2v) is 8.47. The highest BCUT2D eigenvalue weighted by Gasteiger charge is 2.17. The molecule has 1 aromatic carbocycles. The molecule has 4 rings (SSSR count). The lowest BCUT2D eigenvalue weighted by Gasteiger charge is -2.22. The molecule has 29 heavy (non-hydrogen) atoms. The SMILES string of the molecule is O=C(Nc1ccc(N2CCCN(Cc3cccs3)CC2)nc1)c1ccccc1Cl. The van der Waals surface area contributed by atoms with Crippen LogP contribution in [0.15, 0.2) is 60.1 Å². The molecule has 0 saturated carbocycles. The molecule has 1 amide bonds. The van der Waals surface area contributed by atoms with Gasteiger partial charge in [0.15, 0.2) is 0 Å². The van der Waals surface area contributed by atoms with Gasteiger partial charge in [0.1, 0.15) is 5.82 Å². The summed E-state index contributed by atoms with van der Waals surface area (Å²) < 4.78 is 0. The van der Waals surface area contributed by atoms with Crippen LogP contribution in [-0.4, -0.2) is 42.0 Å². The zero-order valence-electron chi connectivity index (χ0n) is 16.1. The Kier molecular flexibility index (Phi) is 6.44. The first-order chi connectivity index (χ1) is 14.2. The summed E-state index contributed by atoms with van der Waals surface area (Å²) in [6, 6.07) is 15.2. The van der Waals surface area contributed by atoms with Crippen molar-refractivity contribution in [2.75, 3.05) is 36.4 Å². The van der Waals surface area contributed by atoms with Gasteiger partial charge in [0.2, 0.25) is 0 Å². The van der Waals surface area contributed by atoms with Crippen molar-refractivity contribution in [1.82, 2.24) is 9.88 Å². The summed E-state index contributed by atoms with van der Waals surface area (Å²) >= 11 is 7.91. The van der Waals surface area contributed by atoms with Crippen molar-refractivity contribution in [1.29, 1.82) is 0 Å². The standard InChI is InChI=1S/C22H23ClN4OS/c23-20-7-2-1-6-19(20)22(28)25-17-8-9-21(24-15-17)27-11-4-10-26(12-13-27)16-18-5-3-14-29-18/h1-3,5-9,14-15H,4,10-13,16H2,(H,25,28).